The van der Waals surface area contributed by atoms with Gasteiger partial charge in [0, 0.05) is 12.1 Å². The molecule has 2 N–H and O–H groups in total. The third-order valence-electron chi connectivity index (χ3n) is 3.15. The summed E-state index contributed by atoms with van der Waals surface area (Å²) in [5.41, 5.74) is 4.04. The fraction of sp³-hybridized carbons (Fsp3) is 0.125. The number of nitrogens with zero attached hydrogens (tertiary/aromatic N) is 1. The maximum absolute atomic E-state index is 12.0. The maximum atomic E-state index is 12.0. The van der Waals surface area contributed by atoms with Gasteiger partial charge in [-0.15, -0.1) is 0 Å². The zero-order valence-corrected chi connectivity index (χ0v) is 14.3. The lowest BCUT2D eigenvalue weighted by atomic mass is 10.2. The van der Waals surface area contributed by atoms with Gasteiger partial charge in [0.2, 0.25) is 0 Å². The molecule has 0 aliphatic rings. The van der Waals surface area contributed by atoms with Gasteiger partial charge < -0.3 is 9.47 Å². The number of nitro groups is 1. The monoisotopic (exact) mass is 379 g/mol. The first-order valence-electron chi connectivity index (χ1n) is 7.20. The Kier molecular flexibility index (Phi) is 6.34. The molecule has 0 heterocycles. The van der Waals surface area contributed by atoms with E-state index in [0.29, 0.717) is 11.5 Å². The Balaban J connectivity index is 1.84. The summed E-state index contributed by atoms with van der Waals surface area (Å²) in [6.07, 6.45) is 0. The summed E-state index contributed by atoms with van der Waals surface area (Å²) in [5.74, 6) is -0.227. The second kappa shape index (κ2) is 8.67. The summed E-state index contributed by atoms with van der Waals surface area (Å²) in [6.45, 7) is -0.333. The third kappa shape index (κ3) is 5.08. The number of non-ortho nitro benzene ring substituents is 1. The fourth-order valence-electron chi connectivity index (χ4n) is 1.85. The zero-order valence-electron chi connectivity index (χ0n) is 13.5. The molecule has 136 valence electrons. The first-order valence-corrected chi connectivity index (χ1v) is 7.58. The minimum Gasteiger partial charge on any atom is -0.497 e. The standard InChI is InChI=1S/C16H14ClN3O6/c1-25-11-3-5-12(6-4-11)26-9-15(21)18-19-16(22)13-7-2-10(20(23)24)8-14(13)17/h2-8H,9H2,1H3,(H,18,21)(H,19,22). The van der Waals surface area contributed by atoms with Crippen LogP contribution in [0.1, 0.15) is 10.4 Å². The first-order chi connectivity index (χ1) is 12.4. The van der Waals surface area contributed by atoms with Gasteiger partial charge in [0.25, 0.3) is 17.5 Å². The van der Waals surface area contributed by atoms with Gasteiger partial charge in [-0.05, 0) is 30.3 Å². The summed E-state index contributed by atoms with van der Waals surface area (Å²) in [4.78, 5) is 33.7. The number of nitro benzene ring substituents is 1. The van der Waals surface area contributed by atoms with E-state index in [1.165, 1.54) is 13.2 Å². The van der Waals surface area contributed by atoms with Gasteiger partial charge in [-0.25, -0.2) is 0 Å². The lowest BCUT2D eigenvalue weighted by molar-refractivity contribution is -0.384. The summed E-state index contributed by atoms with van der Waals surface area (Å²) in [6, 6.07) is 9.97. The molecule has 9 nitrogen and oxygen atoms in total. The molecule has 0 aliphatic heterocycles. The van der Waals surface area contributed by atoms with E-state index in [1.54, 1.807) is 24.3 Å². The molecular weight excluding hydrogens is 366 g/mol. The Morgan fingerprint density at radius 2 is 1.77 bits per heavy atom. The van der Waals surface area contributed by atoms with E-state index >= 15 is 0 Å². The number of amides is 2. The van der Waals surface area contributed by atoms with Crippen molar-refractivity contribution < 1.29 is 24.0 Å². The highest BCUT2D eigenvalue weighted by atomic mass is 35.5. The molecule has 2 aromatic rings. The molecule has 0 radical (unpaired) electrons. The molecule has 0 saturated carbocycles. The Labute approximate surface area is 153 Å². The van der Waals surface area contributed by atoms with Crippen LogP contribution in [0.2, 0.25) is 5.02 Å². The van der Waals surface area contributed by atoms with Crippen LogP contribution in [0.5, 0.6) is 11.5 Å². The van der Waals surface area contributed by atoms with Crippen LogP contribution >= 0.6 is 11.6 Å². The van der Waals surface area contributed by atoms with Crippen LogP contribution in [0.15, 0.2) is 42.5 Å². The molecule has 0 saturated heterocycles. The van der Waals surface area contributed by atoms with E-state index in [0.717, 1.165) is 12.1 Å². The molecular formula is C16H14ClN3O6. The first kappa shape index (κ1) is 19.0. The normalized spacial score (nSPS) is 9.92. The van der Waals surface area contributed by atoms with Crippen LogP contribution in [-0.2, 0) is 4.79 Å². The van der Waals surface area contributed by atoms with Crippen molar-refractivity contribution in [1.29, 1.82) is 0 Å². The van der Waals surface area contributed by atoms with Crippen LogP contribution in [0.3, 0.4) is 0 Å². The van der Waals surface area contributed by atoms with Crippen molar-refractivity contribution in [1.82, 2.24) is 10.9 Å². The molecule has 2 amide bonds. The fourth-order valence-corrected chi connectivity index (χ4v) is 2.11. The Hall–Kier alpha value is -3.33. The van der Waals surface area contributed by atoms with Crippen LogP contribution in [0.4, 0.5) is 5.69 Å². The highest BCUT2D eigenvalue weighted by Gasteiger charge is 2.15. The van der Waals surface area contributed by atoms with E-state index in [-0.39, 0.29) is 22.9 Å². The number of ether oxygens (including phenoxy) is 2. The third-order valence-corrected chi connectivity index (χ3v) is 3.47. The van der Waals surface area contributed by atoms with Gasteiger partial charge in [-0.2, -0.15) is 0 Å². The number of carbonyl (C=O) groups excluding carboxylic acids is 2. The quantitative estimate of drug-likeness (QED) is 0.585. The molecule has 0 aliphatic carbocycles. The predicted octanol–water partition coefficient (Wildman–Crippen LogP) is 2.10. The second-order valence-electron chi connectivity index (χ2n) is 4.89. The predicted molar refractivity (Wildman–Crippen MR) is 92.2 cm³/mol. The topological polar surface area (TPSA) is 120 Å². The molecule has 0 spiro atoms. The van der Waals surface area contributed by atoms with Crippen LogP contribution in [-0.4, -0.2) is 30.5 Å². The maximum Gasteiger partial charge on any atom is 0.276 e. The molecule has 0 atom stereocenters. The molecule has 0 aromatic heterocycles. The summed E-state index contributed by atoms with van der Waals surface area (Å²) in [5, 5.41) is 10.5. The highest BCUT2D eigenvalue weighted by Crippen LogP contribution is 2.22. The zero-order chi connectivity index (χ0) is 19.1. The molecule has 10 heteroatoms. The highest BCUT2D eigenvalue weighted by molar-refractivity contribution is 6.34. The minimum atomic E-state index is -0.720. The summed E-state index contributed by atoms with van der Waals surface area (Å²) in [7, 11) is 1.53. The Morgan fingerprint density at radius 1 is 1.12 bits per heavy atom. The van der Waals surface area contributed by atoms with E-state index in [2.05, 4.69) is 10.9 Å². The van der Waals surface area contributed by atoms with Crippen LogP contribution in [0.25, 0.3) is 0 Å². The Morgan fingerprint density at radius 3 is 2.35 bits per heavy atom. The number of rotatable bonds is 6. The number of nitrogens with one attached hydrogen (secondary N) is 2. The van der Waals surface area contributed by atoms with Gasteiger partial charge >= 0.3 is 0 Å². The number of hydrogen-bond donors (Lipinski definition) is 2. The number of hydrazine groups is 1. The van der Waals surface area contributed by atoms with Gasteiger partial charge in [-0.3, -0.25) is 30.6 Å². The van der Waals surface area contributed by atoms with Crippen molar-refractivity contribution >= 4 is 29.1 Å². The number of hydrogen-bond acceptors (Lipinski definition) is 6. The van der Waals surface area contributed by atoms with E-state index in [4.69, 9.17) is 21.1 Å². The second-order valence-corrected chi connectivity index (χ2v) is 5.29. The Bertz CT molecular complexity index is 825. The van der Waals surface area contributed by atoms with Crippen molar-refractivity contribution in [2.45, 2.75) is 0 Å². The van der Waals surface area contributed by atoms with Crippen LogP contribution < -0.4 is 20.3 Å². The number of carbonyl (C=O) groups is 2. The van der Waals surface area contributed by atoms with Crippen LogP contribution in [0, 0.1) is 10.1 Å². The average molecular weight is 380 g/mol. The smallest absolute Gasteiger partial charge is 0.276 e. The van der Waals surface area contributed by atoms with Gasteiger partial charge in [0.1, 0.15) is 11.5 Å². The van der Waals surface area contributed by atoms with Gasteiger partial charge in [0.15, 0.2) is 6.61 Å². The van der Waals surface area contributed by atoms with E-state index < -0.39 is 16.7 Å². The van der Waals surface area contributed by atoms with Crippen molar-refractivity contribution in [3.63, 3.8) is 0 Å². The molecule has 0 bridgehead atoms. The van der Waals surface area contributed by atoms with Crippen molar-refractivity contribution in [2.75, 3.05) is 13.7 Å². The number of methoxy groups -OCH3 is 1. The molecule has 26 heavy (non-hydrogen) atoms. The summed E-state index contributed by atoms with van der Waals surface area (Å²) >= 11 is 5.84. The van der Waals surface area contributed by atoms with Gasteiger partial charge in [-0.1, -0.05) is 11.6 Å². The largest absolute Gasteiger partial charge is 0.497 e. The number of benzene rings is 2. The van der Waals surface area contributed by atoms with Crippen molar-refractivity contribution in [2.24, 2.45) is 0 Å². The molecule has 2 aromatic carbocycles. The molecule has 0 fully saturated rings. The molecule has 0 unspecified atom stereocenters. The lowest BCUT2D eigenvalue weighted by Gasteiger charge is -2.10. The SMILES string of the molecule is COc1ccc(OCC(=O)NNC(=O)c2ccc([N+](=O)[O-])cc2Cl)cc1. The van der Waals surface area contributed by atoms with Gasteiger partial charge in [0.05, 0.1) is 22.6 Å². The lowest BCUT2D eigenvalue weighted by Crippen LogP contribution is -2.43. The summed E-state index contributed by atoms with van der Waals surface area (Å²) < 4.78 is 10.3. The van der Waals surface area contributed by atoms with E-state index in [9.17, 15) is 19.7 Å². The van der Waals surface area contributed by atoms with E-state index in [1.807, 2.05) is 0 Å². The molecule has 2 rings (SSSR count). The average Bonchev–Trinajstić information content (AvgIpc) is 2.64. The van der Waals surface area contributed by atoms with Crippen molar-refractivity contribution in [3.05, 3.63) is 63.2 Å². The van der Waals surface area contributed by atoms with Crippen molar-refractivity contribution in [3.8, 4) is 11.5 Å². The minimum absolute atomic E-state index is 0.0198. The number of halogens is 1.